The van der Waals surface area contributed by atoms with Crippen molar-refractivity contribution in [2.75, 3.05) is 4.90 Å². The van der Waals surface area contributed by atoms with Crippen LogP contribution in [0.15, 0.2) is 200 Å². The van der Waals surface area contributed by atoms with Gasteiger partial charge in [0, 0.05) is 42.7 Å². The smallest absolute Gasteiger partial charge is 0.0540 e. The molecule has 10 rings (SSSR count). The Balaban J connectivity index is 1.12. The summed E-state index contributed by atoms with van der Waals surface area (Å²) >= 11 is 1.89. The Hall–Kier alpha value is -6.48. The fraction of sp³-hybridized carbons (Fsp3) is 0. The lowest BCUT2D eigenvalue weighted by atomic mass is 9.95. The maximum Gasteiger partial charge on any atom is 0.0540 e. The highest BCUT2D eigenvalue weighted by Gasteiger charge is 2.19. The third kappa shape index (κ3) is 5.24. The number of anilines is 3. The van der Waals surface area contributed by atoms with E-state index in [1.807, 2.05) is 11.3 Å². The van der Waals surface area contributed by atoms with Crippen molar-refractivity contribution in [1.29, 1.82) is 0 Å². The van der Waals surface area contributed by atoms with Gasteiger partial charge in [-0.1, -0.05) is 152 Å². The second-order valence-electron chi connectivity index (χ2n) is 13.3. The second-order valence-corrected chi connectivity index (χ2v) is 14.4. The molecule has 2 heteroatoms. The lowest BCUT2D eigenvalue weighted by Gasteiger charge is -2.28. The molecule has 1 heterocycles. The molecule has 0 amide bonds. The SMILES string of the molecule is c1ccc(-c2ccccc2N(c2ccc(-c3ccc4ccccc4c3)cc2)c2ccc(-c3c4ccccc4cc4c3sc3ccccc34)cc2)cc1. The summed E-state index contributed by atoms with van der Waals surface area (Å²) < 4.78 is 2.66. The number of hydrogen-bond donors (Lipinski definition) is 0. The van der Waals surface area contributed by atoms with Crippen LogP contribution >= 0.6 is 11.3 Å². The maximum absolute atomic E-state index is 2.40. The van der Waals surface area contributed by atoms with Crippen LogP contribution in [0.3, 0.4) is 0 Å². The number of benzene rings is 9. The van der Waals surface area contributed by atoms with E-state index in [1.54, 1.807) is 0 Å². The van der Waals surface area contributed by atoms with Crippen LogP contribution in [0, 0.1) is 0 Å². The first-order chi connectivity index (χ1) is 25.8. The molecule has 52 heavy (non-hydrogen) atoms. The van der Waals surface area contributed by atoms with Crippen molar-refractivity contribution in [1.82, 2.24) is 0 Å². The molecule has 1 nitrogen and oxygen atoms in total. The number of fused-ring (bicyclic) bond motifs is 5. The van der Waals surface area contributed by atoms with Gasteiger partial charge >= 0.3 is 0 Å². The fourth-order valence-corrected chi connectivity index (χ4v) is 8.98. The number of hydrogen-bond acceptors (Lipinski definition) is 2. The normalized spacial score (nSPS) is 11.5. The van der Waals surface area contributed by atoms with E-state index in [9.17, 15) is 0 Å². The maximum atomic E-state index is 2.40. The summed E-state index contributed by atoms with van der Waals surface area (Å²) in [6.07, 6.45) is 0. The van der Waals surface area contributed by atoms with Gasteiger partial charge in [-0.15, -0.1) is 11.3 Å². The Bertz CT molecular complexity index is 2890. The zero-order valence-corrected chi connectivity index (χ0v) is 29.2. The van der Waals surface area contributed by atoms with Crippen molar-refractivity contribution < 1.29 is 0 Å². The molecular formula is C50H33NS. The number of rotatable bonds is 6. The summed E-state index contributed by atoms with van der Waals surface area (Å²) in [6, 6.07) is 72.8. The van der Waals surface area contributed by atoms with Gasteiger partial charge in [-0.3, -0.25) is 0 Å². The van der Waals surface area contributed by atoms with E-state index in [-0.39, 0.29) is 0 Å². The van der Waals surface area contributed by atoms with Crippen molar-refractivity contribution in [3.8, 4) is 33.4 Å². The Labute approximate surface area is 307 Å². The molecule has 0 bridgehead atoms. The molecule has 0 spiro atoms. The topological polar surface area (TPSA) is 3.24 Å². The van der Waals surface area contributed by atoms with Gasteiger partial charge in [0.05, 0.1) is 5.69 Å². The third-order valence-corrected chi connectivity index (χ3v) is 11.4. The van der Waals surface area contributed by atoms with Crippen molar-refractivity contribution in [3.63, 3.8) is 0 Å². The zero-order chi connectivity index (χ0) is 34.4. The highest BCUT2D eigenvalue weighted by molar-refractivity contribution is 7.26. The first kappa shape index (κ1) is 30.4. The molecule has 9 aromatic carbocycles. The van der Waals surface area contributed by atoms with Crippen LogP contribution in [0.1, 0.15) is 0 Å². The standard InChI is InChI=1S/C50H33NS/c1-2-13-36(14-3-1)43-17-8-10-20-47(43)51(41-28-24-35(25-29-41)39-23-22-34-12-4-5-15-38(34)32-39)42-30-26-37(27-31-42)49-44-18-7-6-16-40(44)33-46-45-19-9-11-21-48(45)52-50(46)49/h1-33H. The summed E-state index contributed by atoms with van der Waals surface area (Å²) in [5.74, 6) is 0. The summed E-state index contributed by atoms with van der Waals surface area (Å²) in [5, 5.41) is 7.70. The van der Waals surface area contributed by atoms with E-state index in [1.165, 1.54) is 75.1 Å². The van der Waals surface area contributed by atoms with Crippen molar-refractivity contribution in [3.05, 3.63) is 200 Å². The van der Waals surface area contributed by atoms with Gasteiger partial charge in [0.1, 0.15) is 0 Å². The summed E-state index contributed by atoms with van der Waals surface area (Å²) in [7, 11) is 0. The highest BCUT2D eigenvalue weighted by atomic mass is 32.1. The van der Waals surface area contributed by atoms with Crippen LogP contribution < -0.4 is 4.90 Å². The molecule has 0 aliphatic carbocycles. The zero-order valence-electron chi connectivity index (χ0n) is 28.4. The summed E-state index contributed by atoms with van der Waals surface area (Å²) in [4.78, 5) is 2.40. The minimum absolute atomic E-state index is 1.11. The molecule has 0 saturated carbocycles. The lowest BCUT2D eigenvalue weighted by molar-refractivity contribution is 1.28. The Kier molecular flexibility index (Phi) is 7.41. The monoisotopic (exact) mass is 679 g/mol. The van der Waals surface area contributed by atoms with Gasteiger partial charge in [0.2, 0.25) is 0 Å². The number of para-hydroxylation sites is 1. The highest BCUT2D eigenvalue weighted by Crippen LogP contribution is 2.46. The van der Waals surface area contributed by atoms with Crippen LogP contribution in [0.5, 0.6) is 0 Å². The van der Waals surface area contributed by atoms with Crippen LogP contribution in [0.4, 0.5) is 17.1 Å². The van der Waals surface area contributed by atoms with Crippen molar-refractivity contribution in [2.45, 2.75) is 0 Å². The molecule has 0 aliphatic heterocycles. The lowest BCUT2D eigenvalue weighted by Crippen LogP contribution is -2.11. The van der Waals surface area contributed by atoms with E-state index in [0.29, 0.717) is 0 Å². The van der Waals surface area contributed by atoms with E-state index in [2.05, 4.69) is 205 Å². The molecule has 0 N–H and O–H groups in total. The predicted molar refractivity (Wildman–Crippen MR) is 225 cm³/mol. The molecule has 0 atom stereocenters. The van der Waals surface area contributed by atoms with Gasteiger partial charge < -0.3 is 4.90 Å². The molecule has 0 unspecified atom stereocenters. The molecule has 0 radical (unpaired) electrons. The van der Waals surface area contributed by atoms with Crippen LogP contribution in [0.25, 0.3) is 75.1 Å². The number of thiophene rings is 1. The molecule has 0 fully saturated rings. The Morgan fingerprint density at radius 1 is 0.346 bits per heavy atom. The Morgan fingerprint density at radius 3 is 1.73 bits per heavy atom. The van der Waals surface area contributed by atoms with Crippen LogP contribution in [-0.4, -0.2) is 0 Å². The van der Waals surface area contributed by atoms with Crippen LogP contribution in [-0.2, 0) is 0 Å². The predicted octanol–water partition coefficient (Wildman–Crippen LogP) is 14.8. The molecular weight excluding hydrogens is 647 g/mol. The second kappa shape index (κ2) is 12.7. The molecule has 0 aliphatic rings. The number of nitrogens with zero attached hydrogens (tertiary/aromatic N) is 1. The van der Waals surface area contributed by atoms with Gasteiger partial charge in [-0.05, 0) is 92.3 Å². The molecule has 244 valence electrons. The molecule has 1 aromatic heterocycles. The van der Waals surface area contributed by atoms with E-state index >= 15 is 0 Å². The summed E-state index contributed by atoms with van der Waals surface area (Å²) in [6.45, 7) is 0. The first-order valence-corrected chi connectivity index (χ1v) is 18.6. The molecule has 0 saturated heterocycles. The van der Waals surface area contributed by atoms with Gasteiger partial charge in [-0.2, -0.15) is 0 Å². The minimum atomic E-state index is 1.11. The van der Waals surface area contributed by atoms with Crippen LogP contribution in [0.2, 0.25) is 0 Å². The van der Waals surface area contributed by atoms with E-state index in [0.717, 1.165) is 17.1 Å². The minimum Gasteiger partial charge on any atom is -0.310 e. The van der Waals surface area contributed by atoms with Gasteiger partial charge in [0.15, 0.2) is 0 Å². The molecule has 10 aromatic rings. The average molecular weight is 680 g/mol. The van der Waals surface area contributed by atoms with E-state index < -0.39 is 0 Å². The summed E-state index contributed by atoms with van der Waals surface area (Å²) in [5.41, 5.74) is 10.7. The average Bonchev–Trinajstić information content (AvgIpc) is 3.59. The third-order valence-electron chi connectivity index (χ3n) is 10.2. The quantitative estimate of drug-likeness (QED) is 0.169. The van der Waals surface area contributed by atoms with Crippen molar-refractivity contribution in [2.24, 2.45) is 0 Å². The van der Waals surface area contributed by atoms with Gasteiger partial charge in [0.25, 0.3) is 0 Å². The van der Waals surface area contributed by atoms with Crippen molar-refractivity contribution >= 4 is 70.1 Å². The Morgan fingerprint density at radius 2 is 0.942 bits per heavy atom. The first-order valence-electron chi connectivity index (χ1n) is 17.8. The van der Waals surface area contributed by atoms with Gasteiger partial charge in [-0.25, -0.2) is 0 Å². The fourth-order valence-electron chi connectivity index (χ4n) is 7.72. The van der Waals surface area contributed by atoms with E-state index in [4.69, 9.17) is 0 Å². The largest absolute Gasteiger partial charge is 0.310 e.